The summed E-state index contributed by atoms with van der Waals surface area (Å²) in [4.78, 5) is 7.74. The van der Waals surface area contributed by atoms with Gasteiger partial charge in [0.15, 0.2) is 5.65 Å². The Kier molecular flexibility index (Phi) is 1.82. The lowest BCUT2D eigenvalue weighted by Gasteiger charge is -2.00. The lowest BCUT2D eigenvalue weighted by molar-refractivity contribution is 0.459. The van der Waals surface area contributed by atoms with E-state index in [1.54, 1.807) is 10.9 Å². The Morgan fingerprint density at radius 1 is 1.47 bits per heavy atom. The van der Waals surface area contributed by atoms with Crippen LogP contribution in [0.2, 0.25) is 5.28 Å². The van der Waals surface area contributed by atoms with E-state index >= 15 is 0 Å². The number of aromatic hydroxyl groups is 1. The van der Waals surface area contributed by atoms with Crippen LogP contribution in [0, 0.1) is 5.92 Å². The summed E-state index contributed by atoms with van der Waals surface area (Å²) in [5.74, 6) is 0.594. The molecule has 0 amide bonds. The van der Waals surface area contributed by atoms with Crippen LogP contribution in [0.3, 0.4) is 0 Å². The minimum atomic E-state index is -0.105. The van der Waals surface area contributed by atoms with Crippen LogP contribution >= 0.6 is 11.6 Å². The molecule has 0 saturated heterocycles. The predicted molar refractivity (Wildman–Crippen MR) is 54.7 cm³/mol. The first kappa shape index (κ1) is 8.91. The number of aromatic nitrogens is 4. The summed E-state index contributed by atoms with van der Waals surface area (Å²) in [6.45, 7) is 0.844. The summed E-state index contributed by atoms with van der Waals surface area (Å²) in [7, 11) is 0. The molecule has 2 heterocycles. The SMILES string of the molecule is Oc1nc(Cl)nc2c1cnn2CC1CC1. The molecule has 15 heavy (non-hydrogen) atoms. The molecule has 78 valence electrons. The fraction of sp³-hybridized carbons (Fsp3) is 0.444. The second-order valence-electron chi connectivity index (χ2n) is 3.82. The first-order chi connectivity index (χ1) is 7.24. The van der Waals surface area contributed by atoms with E-state index in [9.17, 15) is 5.11 Å². The van der Waals surface area contributed by atoms with Crippen molar-refractivity contribution >= 4 is 22.6 Å². The van der Waals surface area contributed by atoms with Crippen LogP contribution in [0.25, 0.3) is 11.0 Å². The Morgan fingerprint density at radius 2 is 2.27 bits per heavy atom. The maximum absolute atomic E-state index is 9.53. The standard InChI is InChI=1S/C9H9ClN4O/c10-9-12-7-6(8(15)13-9)3-11-14(7)4-5-1-2-5/h3,5H,1-2,4H2,(H,12,13,15). The van der Waals surface area contributed by atoms with Gasteiger partial charge in [0.25, 0.3) is 0 Å². The molecule has 0 radical (unpaired) electrons. The number of fused-ring (bicyclic) bond motifs is 1. The monoisotopic (exact) mass is 224 g/mol. The maximum Gasteiger partial charge on any atom is 0.227 e. The van der Waals surface area contributed by atoms with Crippen LogP contribution < -0.4 is 0 Å². The zero-order chi connectivity index (χ0) is 10.4. The predicted octanol–water partition coefficient (Wildman–Crippen LogP) is 1.60. The van der Waals surface area contributed by atoms with Gasteiger partial charge in [-0.15, -0.1) is 0 Å². The Balaban J connectivity index is 2.14. The molecule has 1 saturated carbocycles. The van der Waals surface area contributed by atoms with E-state index in [0.29, 0.717) is 17.0 Å². The van der Waals surface area contributed by atoms with Gasteiger partial charge in [-0.2, -0.15) is 15.1 Å². The van der Waals surface area contributed by atoms with Crippen LogP contribution in [-0.2, 0) is 6.54 Å². The molecular weight excluding hydrogens is 216 g/mol. The molecule has 1 aliphatic rings. The molecule has 0 atom stereocenters. The van der Waals surface area contributed by atoms with E-state index < -0.39 is 0 Å². The van der Waals surface area contributed by atoms with E-state index in [1.165, 1.54) is 12.8 Å². The Labute approximate surface area is 90.7 Å². The van der Waals surface area contributed by atoms with Crippen molar-refractivity contribution in [1.82, 2.24) is 19.7 Å². The highest BCUT2D eigenvalue weighted by molar-refractivity contribution is 6.28. The lowest BCUT2D eigenvalue weighted by atomic mass is 10.4. The molecule has 1 aliphatic carbocycles. The number of halogens is 1. The Bertz CT molecular complexity index is 520. The lowest BCUT2D eigenvalue weighted by Crippen LogP contribution is -2.02. The largest absolute Gasteiger partial charge is 0.493 e. The summed E-state index contributed by atoms with van der Waals surface area (Å²) < 4.78 is 1.78. The van der Waals surface area contributed by atoms with E-state index in [4.69, 9.17) is 11.6 Å². The van der Waals surface area contributed by atoms with Gasteiger partial charge >= 0.3 is 0 Å². The van der Waals surface area contributed by atoms with Crippen molar-refractivity contribution in [3.63, 3.8) is 0 Å². The van der Waals surface area contributed by atoms with Crippen LogP contribution in [0.5, 0.6) is 5.88 Å². The highest BCUT2D eigenvalue weighted by atomic mass is 35.5. The van der Waals surface area contributed by atoms with Gasteiger partial charge in [0.2, 0.25) is 11.2 Å². The van der Waals surface area contributed by atoms with Crippen LogP contribution in [0.15, 0.2) is 6.20 Å². The number of hydrogen-bond acceptors (Lipinski definition) is 4. The van der Waals surface area contributed by atoms with Crippen molar-refractivity contribution in [2.75, 3.05) is 0 Å². The summed E-state index contributed by atoms with van der Waals surface area (Å²) in [6, 6.07) is 0. The minimum Gasteiger partial charge on any atom is -0.493 e. The number of nitrogens with zero attached hydrogens (tertiary/aromatic N) is 4. The topological polar surface area (TPSA) is 63.8 Å². The second-order valence-corrected chi connectivity index (χ2v) is 4.16. The Hall–Kier alpha value is -1.36. The van der Waals surface area contributed by atoms with Crippen molar-refractivity contribution in [2.24, 2.45) is 5.92 Å². The molecule has 6 heteroatoms. The molecule has 2 aromatic rings. The zero-order valence-electron chi connectivity index (χ0n) is 7.89. The molecule has 0 spiro atoms. The molecular formula is C9H9ClN4O. The highest BCUT2D eigenvalue weighted by Gasteiger charge is 2.23. The van der Waals surface area contributed by atoms with Crippen LogP contribution in [-0.4, -0.2) is 24.9 Å². The van der Waals surface area contributed by atoms with Gasteiger partial charge in [-0.05, 0) is 30.4 Å². The van der Waals surface area contributed by atoms with E-state index in [-0.39, 0.29) is 11.2 Å². The van der Waals surface area contributed by atoms with Gasteiger partial charge in [0.05, 0.1) is 6.20 Å². The van der Waals surface area contributed by atoms with E-state index in [2.05, 4.69) is 15.1 Å². The number of rotatable bonds is 2. The number of hydrogen-bond donors (Lipinski definition) is 1. The molecule has 0 bridgehead atoms. The third-order valence-corrected chi connectivity index (χ3v) is 2.75. The molecule has 1 fully saturated rings. The minimum absolute atomic E-state index is 0.0533. The second kappa shape index (κ2) is 3.06. The van der Waals surface area contributed by atoms with Gasteiger partial charge < -0.3 is 5.11 Å². The third kappa shape index (κ3) is 1.52. The normalized spacial score (nSPS) is 16.1. The van der Waals surface area contributed by atoms with Gasteiger partial charge in [-0.3, -0.25) is 0 Å². The first-order valence-electron chi connectivity index (χ1n) is 4.82. The van der Waals surface area contributed by atoms with Crippen molar-refractivity contribution < 1.29 is 5.11 Å². The zero-order valence-corrected chi connectivity index (χ0v) is 8.65. The van der Waals surface area contributed by atoms with Gasteiger partial charge in [-0.1, -0.05) is 0 Å². The Morgan fingerprint density at radius 3 is 3.00 bits per heavy atom. The van der Waals surface area contributed by atoms with Gasteiger partial charge in [-0.25, -0.2) is 4.68 Å². The van der Waals surface area contributed by atoms with E-state index in [1.807, 2.05) is 0 Å². The summed E-state index contributed by atoms with van der Waals surface area (Å²) in [5.41, 5.74) is 0.611. The molecule has 0 aromatic carbocycles. The van der Waals surface area contributed by atoms with Gasteiger partial charge in [0, 0.05) is 6.54 Å². The van der Waals surface area contributed by atoms with Crippen molar-refractivity contribution in [3.05, 3.63) is 11.5 Å². The van der Waals surface area contributed by atoms with Crippen LogP contribution in [0.4, 0.5) is 0 Å². The smallest absolute Gasteiger partial charge is 0.227 e. The molecule has 0 unspecified atom stereocenters. The molecule has 5 nitrogen and oxygen atoms in total. The molecule has 3 rings (SSSR count). The first-order valence-corrected chi connectivity index (χ1v) is 5.20. The van der Waals surface area contributed by atoms with Crippen LogP contribution in [0.1, 0.15) is 12.8 Å². The summed E-state index contributed by atoms with van der Waals surface area (Å²) in [6.07, 6.45) is 4.06. The van der Waals surface area contributed by atoms with E-state index in [0.717, 1.165) is 6.54 Å². The summed E-state index contributed by atoms with van der Waals surface area (Å²) >= 11 is 5.68. The molecule has 2 aromatic heterocycles. The average Bonchev–Trinajstić information content (AvgIpc) is 2.89. The van der Waals surface area contributed by atoms with Crippen molar-refractivity contribution in [3.8, 4) is 5.88 Å². The maximum atomic E-state index is 9.53. The van der Waals surface area contributed by atoms with Gasteiger partial charge in [0.1, 0.15) is 5.39 Å². The summed E-state index contributed by atoms with van der Waals surface area (Å²) in [5, 5.41) is 14.3. The van der Waals surface area contributed by atoms with Crippen molar-refractivity contribution in [1.29, 1.82) is 0 Å². The molecule has 0 aliphatic heterocycles. The van der Waals surface area contributed by atoms with Crippen molar-refractivity contribution in [2.45, 2.75) is 19.4 Å². The quantitative estimate of drug-likeness (QED) is 0.787. The third-order valence-electron chi connectivity index (χ3n) is 2.58. The average molecular weight is 225 g/mol. The molecule has 1 N–H and O–H groups in total. The fourth-order valence-electron chi connectivity index (χ4n) is 1.59. The fourth-order valence-corrected chi connectivity index (χ4v) is 1.75. The highest BCUT2D eigenvalue weighted by Crippen LogP contribution is 2.32.